The molecule has 0 radical (unpaired) electrons. The van der Waals surface area contributed by atoms with Crippen molar-refractivity contribution in [2.24, 2.45) is 0 Å². The SMILES string of the molecule is CCCCCCCCC=CCCCCCCCC(=O)OC[C@H](O)[C@H](O)CO. The van der Waals surface area contributed by atoms with Crippen LogP contribution in [0.5, 0.6) is 0 Å². The van der Waals surface area contributed by atoms with Gasteiger partial charge in [0.15, 0.2) is 0 Å². The molecule has 0 bridgehead atoms. The first-order valence-corrected chi connectivity index (χ1v) is 10.9. The van der Waals surface area contributed by atoms with E-state index in [0.29, 0.717) is 6.42 Å². The van der Waals surface area contributed by atoms with Gasteiger partial charge in [0.1, 0.15) is 18.8 Å². The van der Waals surface area contributed by atoms with Crippen LogP contribution in [0.3, 0.4) is 0 Å². The van der Waals surface area contributed by atoms with Crippen molar-refractivity contribution in [1.29, 1.82) is 0 Å². The number of aliphatic hydroxyl groups is 3. The monoisotopic (exact) mass is 386 g/mol. The second-order valence-corrected chi connectivity index (χ2v) is 7.33. The molecular formula is C22H42O5. The molecule has 0 rings (SSSR count). The Balaban J connectivity index is 3.32. The molecule has 0 aliphatic rings. The average Bonchev–Trinajstić information content (AvgIpc) is 2.68. The molecule has 0 unspecified atom stereocenters. The number of hydrogen-bond acceptors (Lipinski definition) is 5. The van der Waals surface area contributed by atoms with Crippen molar-refractivity contribution in [2.45, 2.75) is 109 Å². The Labute approximate surface area is 165 Å². The summed E-state index contributed by atoms with van der Waals surface area (Å²) in [6.45, 7) is 1.43. The number of ether oxygens (including phenoxy) is 1. The van der Waals surface area contributed by atoms with Gasteiger partial charge in [-0.05, 0) is 32.1 Å². The zero-order valence-electron chi connectivity index (χ0n) is 17.3. The Morgan fingerprint density at radius 2 is 1.33 bits per heavy atom. The van der Waals surface area contributed by atoms with Gasteiger partial charge in [-0.15, -0.1) is 0 Å². The Kier molecular flexibility index (Phi) is 19.2. The Morgan fingerprint density at radius 3 is 1.89 bits per heavy atom. The lowest BCUT2D eigenvalue weighted by atomic mass is 10.1. The minimum atomic E-state index is -1.27. The summed E-state index contributed by atoms with van der Waals surface area (Å²) in [5, 5.41) is 27.2. The molecule has 0 fully saturated rings. The number of esters is 1. The highest BCUT2D eigenvalue weighted by Gasteiger charge is 2.16. The van der Waals surface area contributed by atoms with E-state index in [9.17, 15) is 9.90 Å². The molecule has 0 aliphatic heterocycles. The lowest BCUT2D eigenvalue weighted by Gasteiger charge is -2.15. The van der Waals surface area contributed by atoms with Crippen LogP contribution >= 0.6 is 0 Å². The molecule has 0 saturated heterocycles. The number of carbonyl (C=O) groups is 1. The molecule has 160 valence electrons. The van der Waals surface area contributed by atoms with E-state index in [1.807, 2.05) is 0 Å². The van der Waals surface area contributed by atoms with Gasteiger partial charge < -0.3 is 20.1 Å². The predicted molar refractivity (Wildman–Crippen MR) is 110 cm³/mol. The van der Waals surface area contributed by atoms with Gasteiger partial charge in [-0.25, -0.2) is 0 Å². The normalized spacial score (nSPS) is 13.8. The highest BCUT2D eigenvalue weighted by atomic mass is 16.5. The van der Waals surface area contributed by atoms with Crippen LogP contribution in [0.2, 0.25) is 0 Å². The fourth-order valence-electron chi connectivity index (χ4n) is 2.82. The number of carbonyl (C=O) groups excluding carboxylic acids is 1. The van der Waals surface area contributed by atoms with Gasteiger partial charge in [0.25, 0.3) is 0 Å². The largest absolute Gasteiger partial charge is 0.463 e. The first kappa shape index (κ1) is 26.1. The molecule has 5 nitrogen and oxygen atoms in total. The van der Waals surface area contributed by atoms with Gasteiger partial charge >= 0.3 is 5.97 Å². The number of rotatable bonds is 19. The van der Waals surface area contributed by atoms with Crippen LogP contribution in [-0.2, 0) is 9.53 Å². The summed E-state index contributed by atoms with van der Waals surface area (Å²) in [5.41, 5.74) is 0. The van der Waals surface area contributed by atoms with Gasteiger partial charge in [0.2, 0.25) is 0 Å². The summed E-state index contributed by atoms with van der Waals surface area (Å²) in [4.78, 5) is 11.5. The molecule has 5 heteroatoms. The van der Waals surface area contributed by atoms with Crippen LogP contribution in [-0.4, -0.2) is 46.7 Å². The lowest BCUT2D eigenvalue weighted by molar-refractivity contribution is -0.149. The molecule has 0 aliphatic carbocycles. The maximum Gasteiger partial charge on any atom is 0.305 e. The molecule has 0 aromatic heterocycles. The van der Waals surface area contributed by atoms with E-state index in [4.69, 9.17) is 14.9 Å². The summed E-state index contributed by atoms with van der Waals surface area (Å²) in [7, 11) is 0. The van der Waals surface area contributed by atoms with Crippen molar-refractivity contribution in [1.82, 2.24) is 0 Å². The van der Waals surface area contributed by atoms with Crippen molar-refractivity contribution in [3.63, 3.8) is 0 Å². The third kappa shape index (κ3) is 18.2. The van der Waals surface area contributed by atoms with Crippen LogP contribution in [0.1, 0.15) is 96.8 Å². The quantitative estimate of drug-likeness (QED) is 0.175. The number of hydrogen-bond donors (Lipinski definition) is 3. The Hall–Kier alpha value is -0.910. The van der Waals surface area contributed by atoms with Crippen LogP contribution in [0, 0.1) is 0 Å². The molecule has 0 aromatic carbocycles. The zero-order chi connectivity index (χ0) is 20.2. The number of aliphatic hydroxyl groups excluding tert-OH is 3. The van der Waals surface area contributed by atoms with E-state index in [1.165, 1.54) is 57.8 Å². The summed E-state index contributed by atoms with van der Waals surface area (Å²) in [5.74, 6) is -0.364. The number of allylic oxidation sites excluding steroid dienone is 2. The third-order valence-electron chi connectivity index (χ3n) is 4.69. The second-order valence-electron chi connectivity index (χ2n) is 7.33. The molecule has 27 heavy (non-hydrogen) atoms. The highest BCUT2D eigenvalue weighted by Crippen LogP contribution is 2.10. The molecule has 0 heterocycles. The fraction of sp³-hybridized carbons (Fsp3) is 0.864. The van der Waals surface area contributed by atoms with Crippen LogP contribution in [0.25, 0.3) is 0 Å². The average molecular weight is 387 g/mol. The molecule has 3 N–H and O–H groups in total. The first-order chi connectivity index (χ1) is 13.1. The summed E-state index contributed by atoms with van der Waals surface area (Å²) >= 11 is 0. The highest BCUT2D eigenvalue weighted by molar-refractivity contribution is 5.69. The van der Waals surface area contributed by atoms with E-state index in [1.54, 1.807) is 0 Å². The molecular weight excluding hydrogens is 344 g/mol. The molecule has 0 aromatic rings. The Bertz CT molecular complexity index is 357. The summed E-state index contributed by atoms with van der Waals surface area (Å²) < 4.78 is 4.88. The minimum Gasteiger partial charge on any atom is -0.463 e. The van der Waals surface area contributed by atoms with E-state index >= 15 is 0 Å². The number of unbranched alkanes of at least 4 members (excludes halogenated alkanes) is 11. The van der Waals surface area contributed by atoms with E-state index in [-0.39, 0.29) is 12.6 Å². The van der Waals surface area contributed by atoms with E-state index < -0.39 is 18.8 Å². The first-order valence-electron chi connectivity index (χ1n) is 10.9. The van der Waals surface area contributed by atoms with Crippen LogP contribution in [0.15, 0.2) is 12.2 Å². The standard InChI is InChI=1S/C22H42O5/c1-2-3-4-5-6-7-8-9-10-11-12-13-14-15-16-17-22(26)27-19-21(25)20(24)18-23/h9-10,20-21,23-25H,2-8,11-19H2,1H3/t20-,21+/m1/s1. The summed E-state index contributed by atoms with van der Waals surface area (Å²) in [6, 6.07) is 0. The second kappa shape index (κ2) is 19.8. The van der Waals surface area contributed by atoms with Crippen molar-refractivity contribution in [3.05, 3.63) is 12.2 Å². The van der Waals surface area contributed by atoms with Gasteiger partial charge in [-0.3, -0.25) is 4.79 Å². The minimum absolute atomic E-state index is 0.272. The lowest BCUT2D eigenvalue weighted by Crippen LogP contribution is -2.34. The van der Waals surface area contributed by atoms with Crippen molar-refractivity contribution in [2.75, 3.05) is 13.2 Å². The van der Waals surface area contributed by atoms with Gasteiger partial charge in [-0.2, -0.15) is 0 Å². The van der Waals surface area contributed by atoms with Crippen molar-refractivity contribution < 1.29 is 24.9 Å². The van der Waals surface area contributed by atoms with E-state index in [2.05, 4.69) is 19.1 Å². The van der Waals surface area contributed by atoms with Crippen LogP contribution in [0.4, 0.5) is 0 Å². The summed E-state index contributed by atoms with van der Waals surface area (Å²) in [6.07, 6.45) is 18.2. The van der Waals surface area contributed by atoms with Gasteiger partial charge in [-0.1, -0.05) is 70.4 Å². The predicted octanol–water partition coefficient (Wildman–Crippen LogP) is 4.28. The topological polar surface area (TPSA) is 87.0 Å². The fourth-order valence-corrected chi connectivity index (χ4v) is 2.82. The van der Waals surface area contributed by atoms with Crippen molar-refractivity contribution >= 4 is 5.97 Å². The van der Waals surface area contributed by atoms with Crippen LogP contribution < -0.4 is 0 Å². The smallest absolute Gasteiger partial charge is 0.305 e. The molecule has 0 spiro atoms. The van der Waals surface area contributed by atoms with Gasteiger partial charge in [0.05, 0.1) is 6.61 Å². The zero-order valence-corrected chi connectivity index (χ0v) is 17.3. The molecule has 0 saturated carbocycles. The molecule has 0 amide bonds. The van der Waals surface area contributed by atoms with Crippen molar-refractivity contribution in [3.8, 4) is 0 Å². The molecule has 2 atom stereocenters. The van der Waals surface area contributed by atoms with Gasteiger partial charge in [0, 0.05) is 6.42 Å². The maximum atomic E-state index is 11.5. The Morgan fingerprint density at radius 1 is 0.815 bits per heavy atom. The maximum absolute atomic E-state index is 11.5. The van der Waals surface area contributed by atoms with E-state index in [0.717, 1.165) is 25.7 Å². The third-order valence-corrected chi connectivity index (χ3v) is 4.69.